The van der Waals surface area contributed by atoms with Crippen LogP contribution in [0.3, 0.4) is 0 Å². The fraction of sp³-hybridized carbons (Fsp3) is 0.611. The number of amides is 1. The van der Waals surface area contributed by atoms with E-state index in [9.17, 15) is 18.3 Å². The second kappa shape index (κ2) is 10.0. The van der Waals surface area contributed by atoms with Crippen molar-refractivity contribution in [3.63, 3.8) is 0 Å². The van der Waals surface area contributed by atoms with Crippen molar-refractivity contribution in [2.45, 2.75) is 38.8 Å². The van der Waals surface area contributed by atoms with Crippen molar-refractivity contribution >= 4 is 16.3 Å². The summed E-state index contributed by atoms with van der Waals surface area (Å²) < 4.78 is 28.0. The van der Waals surface area contributed by atoms with Crippen molar-refractivity contribution in [1.29, 1.82) is 0 Å². The van der Waals surface area contributed by atoms with Gasteiger partial charge in [-0.2, -0.15) is 17.0 Å². The second-order valence-corrected chi connectivity index (χ2v) is 9.24. The topological polar surface area (TPSA) is 110 Å². The van der Waals surface area contributed by atoms with Crippen molar-refractivity contribution in [1.82, 2.24) is 13.9 Å². The van der Waals surface area contributed by atoms with Gasteiger partial charge in [-0.15, -0.1) is 0 Å². The first-order chi connectivity index (χ1) is 12.5. The highest BCUT2D eigenvalue weighted by atomic mass is 32.2. The first-order valence-electron chi connectivity index (χ1n) is 8.92. The molecular weight excluding hydrogens is 370 g/mol. The van der Waals surface area contributed by atoms with Crippen molar-refractivity contribution in [3.8, 4) is 0 Å². The highest BCUT2D eigenvalue weighted by Gasteiger charge is 2.42. The molecule has 0 spiro atoms. The summed E-state index contributed by atoms with van der Waals surface area (Å²) in [5.41, 5.74) is -0.999. The average Bonchev–Trinajstić information content (AvgIpc) is 2.54. The van der Waals surface area contributed by atoms with Crippen LogP contribution in [0.15, 0.2) is 30.3 Å². The summed E-state index contributed by atoms with van der Waals surface area (Å²) in [4.78, 5) is 10.8. The van der Waals surface area contributed by atoms with Crippen LogP contribution in [0.4, 0.5) is 4.79 Å². The third kappa shape index (κ3) is 7.10. The number of hydrogen-bond donors (Lipinski definition) is 3. The van der Waals surface area contributed by atoms with E-state index < -0.39 is 22.0 Å². The number of carboxylic acid groups (broad SMARTS) is 1. The molecule has 1 aromatic carbocycles. The predicted molar refractivity (Wildman–Crippen MR) is 105 cm³/mol. The van der Waals surface area contributed by atoms with Crippen LogP contribution in [0.1, 0.15) is 32.3 Å². The Morgan fingerprint density at radius 2 is 1.81 bits per heavy atom. The van der Waals surface area contributed by atoms with Crippen LogP contribution in [0, 0.1) is 5.92 Å². The van der Waals surface area contributed by atoms with E-state index in [0.717, 1.165) is 14.2 Å². The minimum Gasteiger partial charge on any atom is -0.465 e. The molecule has 3 N–H and O–H groups in total. The lowest BCUT2D eigenvalue weighted by Crippen LogP contribution is -2.57. The molecule has 154 valence electrons. The van der Waals surface area contributed by atoms with E-state index in [1.165, 1.54) is 14.1 Å². The Morgan fingerprint density at radius 1 is 1.22 bits per heavy atom. The van der Waals surface area contributed by atoms with Crippen LogP contribution < -0.4 is 5.32 Å². The zero-order valence-corrected chi connectivity index (χ0v) is 17.2. The fourth-order valence-electron chi connectivity index (χ4n) is 2.70. The molecule has 27 heavy (non-hydrogen) atoms. The molecule has 0 aliphatic rings. The van der Waals surface area contributed by atoms with Crippen LogP contribution in [-0.2, 0) is 16.6 Å². The van der Waals surface area contributed by atoms with E-state index in [1.54, 1.807) is 12.1 Å². The maximum atomic E-state index is 12.9. The largest absolute Gasteiger partial charge is 0.465 e. The third-order valence-corrected chi connectivity index (χ3v) is 6.25. The number of rotatable bonds is 11. The van der Waals surface area contributed by atoms with Gasteiger partial charge in [0.25, 0.3) is 10.2 Å². The lowest BCUT2D eigenvalue weighted by atomic mass is 9.98. The molecular formula is C18H31N3O5S. The van der Waals surface area contributed by atoms with Crippen LogP contribution in [0.25, 0.3) is 0 Å². The van der Waals surface area contributed by atoms with E-state index in [2.05, 4.69) is 5.32 Å². The summed E-state index contributed by atoms with van der Waals surface area (Å²) in [7, 11) is -1.10. The van der Waals surface area contributed by atoms with Gasteiger partial charge in [0.1, 0.15) is 5.72 Å². The quantitative estimate of drug-likeness (QED) is 0.489. The first-order valence-corrected chi connectivity index (χ1v) is 10.3. The maximum Gasteiger partial charge on any atom is 0.404 e. The molecule has 1 unspecified atom stereocenters. The van der Waals surface area contributed by atoms with E-state index in [1.807, 2.05) is 32.0 Å². The minimum absolute atomic E-state index is 0.0559. The summed E-state index contributed by atoms with van der Waals surface area (Å²) >= 11 is 0. The van der Waals surface area contributed by atoms with Crippen molar-refractivity contribution in [3.05, 3.63) is 35.9 Å². The van der Waals surface area contributed by atoms with Gasteiger partial charge >= 0.3 is 6.09 Å². The van der Waals surface area contributed by atoms with E-state index in [4.69, 9.17) is 5.11 Å². The lowest BCUT2D eigenvalue weighted by Gasteiger charge is -2.40. The normalized spacial score (nSPS) is 14.5. The molecule has 0 saturated carbocycles. The van der Waals surface area contributed by atoms with Gasteiger partial charge in [-0.05, 0) is 17.9 Å². The molecule has 9 heteroatoms. The molecule has 0 radical (unpaired) electrons. The molecule has 0 bridgehead atoms. The van der Waals surface area contributed by atoms with Crippen molar-refractivity contribution in [2.75, 3.05) is 27.2 Å². The van der Waals surface area contributed by atoms with Crippen LogP contribution >= 0.6 is 0 Å². The monoisotopic (exact) mass is 401 g/mol. The number of carbonyl (C=O) groups is 1. The van der Waals surface area contributed by atoms with E-state index in [-0.39, 0.29) is 31.8 Å². The van der Waals surface area contributed by atoms with Crippen molar-refractivity contribution < 1.29 is 23.4 Å². The van der Waals surface area contributed by atoms with Crippen LogP contribution in [0.5, 0.6) is 0 Å². The number of aliphatic hydroxyl groups is 1. The van der Waals surface area contributed by atoms with Gasteiger partial charge < -0.3 is 15.5 Å². The Hall–Kier alpha value is -1.68. The maximum absolute atomic E-state index is 12.9. The Balaban J connectivity index is 3.27. The predicted octanol–water partition coefficient (Wildman–Crippen LogP) is 1.73. The van der Waals surface area contributed by atoms with Gasteiger partial charge in [0.2, 0.25) is 0 Å². The van der Waals surface area contributed by atoms with Crippen LogP contribution in [0.2, 0.25) is 0 Å². The highest BCUT2D eigenvalue weighted by Crippen LogP contribution is 2.27. The Morgan fingerprint density at radius 3 is 2.30 bits per heavy atom. The molecule has 1 aromatic rings. The molecule has 1 rings (SSSR count). The Kier molecular flexibility index (Phi) is 8.67. The number of benzene rings is 1. The minimum atomic E-state index is -3.92. The smallest absolute Gasteiger partial charge is 0.404 e. The van der Waals surface area contributed by atoms with Gasteiger partial charge in [-0.1, -0.05) is 44.2 Å². The fourth-order valence-corrected chi connectivity index (χ4v) is 4.02. The zero-order chi connectivity index (χ0) is 20.7. The van der Waals surface area contributed by atoms with Gasteiger partial charge in [0.15, 0.2) is 0 Å². The third-order valence-electron chi connectivity index (χ3n) is 4.25. The molecule has 1 atom stereocenters. The molecule has 0 heterocycles. The summed E-state index contributed by atoms with van der Waals surface area (Å²) in [5.74, 6) is 0.239. The lowest BCUT2D eigenvalue weighted by molar-refractivity contribution is -0.0696. The van der Waals surface area contributed by atoms with Crippen molar-refractivity contribution in [2.24, 2.45) is 5.92 Å². The average molecular weight is 402 g/mol. The first kappa shape index (κ1) is 23.4. The molecule has 0 aromatic heterocycles. The number of nitrogens with one attached hydrogen (secondary N) is 1. The SMILES string of the molecule is CC(C)CCN(C(O)(CCNC(=O)O)Cc1ccccc1)S(=O)(=O)N(C)C. The molecule has 8 nitrogen and oxygen atoms in total. The molecule has 0 fully saturated rings. The van der Waals surface area contributed by atoms with Gasteiger partial charge in [0, 0.05) is 40.0 Å². The number of nitrogens with zero attached hydrogens (tertiary/aromatic N) is 2. The van der Waals surface area contributed by atoms with E-state index in [0.29, 0.717) is 6.42 Å². The molecule has 1 amide bonds. The van der Waals surface area contributed by atoms with Crippen LogP contribution in [-0.4, -0.2) is 66.2 Å². The summed E-state index contributed by atoms with van der Waals surface area (Å²) in [6.07, 6.45) is -0.669. The Labute approximate surface area is 162 Å². The highest BCUT2D eigenvalue weighted by molar-refractivity contribution is 7.86. The second-order valence-electron chi connectivity index (χ2n) is 7.17. The zero-order valence-electron chi connectivity index (χ0n) is 16.4. The standard InChI is InChI=1S/C18H31N3O5S/c1-15(2)10-13-21(27(25,26)20(3)4)18(24,11-12-19-17(22)23)14-16-8-6-5-7-9-16/h5-9,15,19,24H,10-14H2,1-4H3,(H,22,23). The van der Waals surface area contributed by atoms with Gasteiger partial charge in [-0.3, -0.25) is 0 Å². The summed E-state index contributed by atoms with van der Waals surface area (Å²) in [6, 6.07) is 9.06. The summed E-state index contributed by atoms with van der Waals surface area (Å²) in [5, 5.41) is 22.5. The Bertz CT molecular complexity index is 694. The van der Waals surface area contributed by atoms with Gasteiger partial charge in [0.05, 0.1) is 0 Å². The van der Waals surface area contributed by atoms with Gasteiger partial charge in [-0.25, -0.2) is 4.79 Å². The molecule has 0 aliphatic carbocycles. The summed E-state index contributed by atoms with van der Waals surface area (Å²) in [6.45, 7) is 4.01. The molecule has 0 aliphatic heterocycles. The van der Waals surface area contributed by atoms with E-state index >= 15 is 0 Å². The molecule has 0 saturated heterocycles. The number of hydrogen-bond acceptors (Lipinski definition) is 4.